The summed E-state index contributed by atoms with van der Waals surface area (Å²) in [5, 5.41) is 2.78. The maximum atomic E-state index is 13.6. The van der Waals surface area contributed by atoms with Gasteiger partial charge in [-0.2, -0.15) is 0 Å². The lowest BCUT2D eigenvalue weighted by atomic mass is 10.1. The lowest BCUT2D eigenvalue weighted by Gasteiger charge is -2.36. The van der Waals surface area contributed by atoms with Gasteiger partial charge < -0.3 is 10.2 Å². The monoisotopic (exact) mass is 391 g/mol. The highest BCUT2D eigenvalue weighted by Crippen LogP contribution is 2.23. The molecule has 0 unspecified atom stereocenters. The molecule has 1 heterocycles. The van der Waals surface area contributed by atoms with Gasteiger partial charge in [-0.25, -0.2) is 4.39 Å². The van der Waals surface area contributed by atoms with Crippen molar-refractivity contribution in [3.63, 3.8) is 0 Å². The van der Waals surface area contributed by atoms with E-state index in [1.165, 1.54) is 22.9 Å². The third-order valence-electron chi connectivity index (χ3n) is 5.11. The first-order valence-corrected chi connectivity index (χ1v) is 9.03. The van der Waals surface area contributed by atoms with Crippen molar-refractivity contribution in [2.75, 3.05) is 42.9 Å². The fourth-order valence-electron chi connectivity index (χ4n) is 3.30. The molecule has 1 aliphatic heterocycles. The van der Waals surface area contributed by atoms with Crippen molar-refractivity contribution in [1.82, 2.24) is 4.90 Å². The Hall–Kier alpha value is -2.11. The van der Waals surface area contributed by atoms with Crippen LogP contribution < -0.4 is 10.2 Å². The summed E-state index contributed by atoms with van der Waals surface area (Å²) in [6.45, 7) is 9.80. The molecule has 1 fully saturated rings. The van der Waals surface area contributed by atoms with Crippen molar-refractivity contribution in [1.29, 1.82) is 0 Å². The highest BCUT2D eigenvalue weighted by atomic mass is 35.5. The quantitative estimate of drug-likeness (QED) is 0.857. The molecular weight excluding hydrogens is 365 g/mol. The predicted molar refractivity (Wildman–Crippen MR) is 112 cm³/mol. The minimum atomic E-state index is -0.301. The van der Waals surface area contributed by atoms with Crippen molar-refractivity contribution in [2.24, 2.45) is 0 Å². The van der Waals surface area contributed by atoms with E-state index in [4.69, 9.17) is 0 Å². The maximum Gasteiger partial charge on any atom is 0.238 e. The second-order valence-electron chi connectivity index (χ2n) is 6.99. The number of nitrogens with zero attached hydrogens (tertiary/aromatic N) is 2. The number of hydrogen-bond acceptors (Lipinski definition) is 3. The normalized spacial score (nSPS) is 14.6. The molecule has 0 spiro atoms. The molecule has 0 saturated carbocycles. The Morgan fingerprint density at radius 3 is 2.41 bits per heavy atom. The summed E-state index contributed by atoms with van der Waals surface area (Å²) >= 11 is 0. The van der Waals surface area contributed by atoms with Crippen molar-refractivity contribution >= 4 is 29.7 Å². The summed E-state index contributed by atoms with van der Waals surface area (Å²) in [4.78, 5) is 16.8. The largest absolute Gasteiger partial charge is 0.369 e. The van der Waals surface area contributed by atoms with Crippen LogP contribution in [0.1, 0.15) is 16.7 Å². The molecule has 146 valence electrons. The summed E-state index contributed by atoms with van der Waals surface area (Å²) in [6, 6.07) is 11.2. The molecule has 2 aromatic rings. The number of carbonyl (C=O) groups is 1. The summed E-state index contributed by atoms with van der Waals surface area (Å²) in [7, 11) is 0. The van der Waals surface area contributed by atoms with Gasteiger partial charge in [-0.15, -0.1) is 12.4 Å². The molecule has 6 heteroatoms. The molecule has 0 atom stereocenters. The molecule has 0 bridgehead atoms. The SMILES string of the molecule is Cc1ccc(NC(=O)CN2CCN(c3cccc(C)c3C)CC2)cc1F.Cl. The van der Waals surface area contributed by atoms with Gasteiger partial charge in [0.25, 0.3) is 0 Å². The lowest BCUT2D eigenvalue weighted by molar-refractivity contribution is -0.117. The number of halogens is 2. The first-order valence-electron chi connectivity index (χ1n) is 9.03. The van der Waals surface area contributed by atoms with Crippen LogP contribution in [0.4, 0.5) is 15.8 Å². The average Bonchev–Trinajstić information content (AvgIpc) is 2.61. The van der Waals surface area contributed by atoms with Crippen molar-refractivity contribution in [3.05, 3.63) is 58.9 Å². The van der Waals surface area contributed by atoms with Crippen LogP contribution in [-0.2, 0) is 4.79 Å². The van der Waals surface area contributed by atoms with Crippen LogP contribution in [0.2, 0.25) is 0 Å². The topological polar surface area (TPSA) is 35.6 Å². The number of aryl methyl sites for hydroxylation is 2. The Labute approximate surface area is 166 Å². The average molecular weight is 392 g/mol. The van der Waals surface area contributed by atoms with Gasteiger partial charge in [-0.05, 0) is 55.7 Å². The smallest absolute Gasteiger partial charge is 0.238 e. The minimum absolute atomic E-state index is 0. The van der Waals surface area contributed by atoms with Crippen LogP contribution >= 0.6 is 12.4 Å². The summed E-state index contributed by atoms with van der Waals surface area (Å²) in [5.41, 5.74) is 4.98. The number of amides is 1. The van der Waals surface area contributed by atoms with Crippen molar-refractivity contribution < 1.29 is 9.18 Å². The second-order valence-corrected chi connectivity index (χ2v) is 6.99. The van der Waals surface area contributed by atoms with Gasteiger partial charge in [-0.3, -0.25) is 9.69 Å². The molecule has 1 N–H and O–H groups in total. The number of hydrogen-bond donors (Lipinski definition) is 1. The molecule has 2 aromatic carbocycles. The van der Waals surface area contributed by atoms with Gasteiger partial charge >= 0.3 is 0 Å². The Bertz CT molecular complexity index is 804. The Kier molecular flexibility index (Phi) is 7.22. The zero-order chi connectivity index (χ0) is 18.7. The molecule has 0 aromatic heterocycles. The molecule has 27 heavy (non-hydrogen) atoms. The number of piperazine rings is 1. The van der Waals surface area contributed by atoms with Gasteiger partial charge in [0.15, 0.2) is 0 Å². The van der Waals surface area contributed by atoms with E-state index in [1.807, 2.05) is 0 Å². The van der Waals surface area contributed by atoms with Gasteiger partial charge in [0.2, 0.25) is 5.91 Å². The highest BCUT2D eigenvalue weighted by molar-refractivity contribution is 5.92. The first-order chi connectivity index (χ1) is 12.4. The summed E-state index contributed by atoms with van der Waals surface area (Å²) in [5.74, 6) is -0.404. The Morgan fingerprint density at radius 1 is 1.04 bits per heavy atom. The van der Waals surface area contributed by atoms with Crippen molar-refractivity contribution in [3.8, 4) is 0 Å². The summed E-state index contributed by atoms with van der Waals surface area (Å²) < 4.78 is 13.6. The molecule has 3 rings (SSSR count). The van der Waals surface area contributed by atoms with E-state index < -0.39 is 0 Å². The number of benzene rings is 2. The number of rotatable bonds is 4. The van der Waals surface area contributed by atoms with Crippen LogP contribution in [0.15, 0.2) is 36.4 Å². The molecule has 1 aliphatic rings. The van der Waals surface area contributed by atoms with Gasteiger partial charge in [-0.1, -0.05) is 18.2 Å². The van der Waals surface area contributed by atoms with Crippen molar-refractivity contribution in [2.45, 2.75) is 20.8 Å². The van der Waals surface area contributed by atoms with E-state index in [0.29, 0.717) is 17.8 Å². The molecule has 0 radical (unpaired) electrons. The van der Waals surface area contributed by atoms with E-state index in [2.05, 4.69) is 47.2 Å². The van der Waals surface area contributed by atoms with Crippen LogP contribution in [0.3, 0.4) is 0 Å². The zero-order valence-corrected chi connectivity index (χ0v) is 16.9. The van der Waals surface area contributed by atoms with E-state index in [0.717, 1.165) is 26.2 Å². The second kappa shape index (κ2) is 9.20. The third-order valence-corrected chi connectivity index (χ3v) is 5.11. The van der Waals surface area contributed by atoms with Gasteiger partial charge in [0.05, 0.1) is 6.54 Å². The van der Waals surface area contributed by atoms with Gasteiger partial charge in [0, 0.05) is 37.6 Å². The van der Waals surface area contributed by atoms with E-state index >= 15 is 0 Å². The fraction of sp³-hybridized carbons (Fsp3) is 0.381. The molecule has 0 aliphatic carbocycles. The Balaban J connectivity index is 0.00000261. The lowest BCUT2D eigenvalue weighted by Crippen LogP contribution is -2.48. The molecular formula is C21H27ClFN3O. The minimum Gasteiger partial charge on any atom is -0.369 e. The van der Waals surface area contributed by atoms with Crippen LogP contribution in [0.25, 0.3) is 0 Å². The predicted octanol–water partition coefficient (Wildman–Crippen LogP) is 3.93. The molecule has 1 amide bonds. The number of anilines is 2. The standard InChI is InChI=1S/C21H26FN3O.ClH/c1-15-5-4-6-20(17(15)3)25-11-9-24(10-12-25)14-21(26)23-18-8-7-16(2)19(22)13-18;/h4-8,13H,9-12,14H2,1-3H3,(H,23,26);1H. The molecule has 1 saturated heterocycles. The highest BCUT2D eigenvalue weighted by Gasteiger charge is 2.20. The third kappa shape index (κ3) is 5.21. The van der Waals surface area contributed by atoms with E-state index in [-0.39, 0.29) is 24.1 Å². The van der Waals surface area contributed by atoms with E-state index in [9.17, 15) is 9.18 Å². The van der Waals surface area contributed by atoms with E-state index in [1.54, 1.807) is 19.1 Å². The van der Waals surface area contributed by atoms with Crippen LogP contribution in [0, 0.1) is 26.6 Å². The number of nitrogens with one attached hydrogen (secondary N) is 1. The first kappa shape index (κ1) is 21.2. The van der Waals surface area contributed by atoms with Gasteiger partial charge in [0.1, 0.15) is 5.82 Å². The summed E-state index contributed by atoms with van der Waals surface area (Å²) in [6.07, 6.45) is 0. The maximum absolute atomic E-state index is 13.6. The fourth-order valence-corrected chi connectivity index (χ4v) is 3.30. The zero-order valence-electron chi connectivity index (χ0n) is 16.1. The molecule has 4 nitrogen and oxygen atoms in total. The Morgan fingerprint density at radius 2 is 1.74 bits per heavy atom. The van der Waals surface area contributed by atoms with Crippen LogP contribution in [-0.4, -0.2) is 43.5 Å². The van der Waals surface area contributed by atoms with Crippen LogP contribution in [0.5, 0.6) is 0 Å². The number of carbonyl (C=O) groups excluding carboxylic acids is 1.